The second-order valence-corrected chi connectivity index (χ2v) is 6.49. The summed E-state index contributed by atoms with van der Waals surface area (Å²) in [5, 5.41) is 13.8. The van der Waals surface area contributed by atoms with Gasteiger partial charge in [-0.25, -0.2) is 9.78 Å². The Balaban J connectivity index is 1.62. The molecule has 0 fully saturated rings. The molecule has 0 bridgehead atoms. The fourth-order valence-electron chi connectivity index (χ4n) is 2.28. The highest BCUT2D eigenvalue weighted by Gasteiger charge is 2.20. The number of aromatic nitrogens is 1. The molecule has 3 rings (SSSR count). The molecule has 0 aliphatic carbocycles. The van der Waals surface area contributed by atoms with Crippen molar-refractivity contribution in [3.63, 3.8) is 0 Å². The minimum atomic E-state index is -1.01. The molecule has 0 saturated heterocycles. The first-order chi connectivity index (χ1) is 13.1. The van der Waals surface area contributed by atoms with Gasteiger partial charge in [0.05, 0.1) is 22.9 Å². The quantitative estimate of drug-likeness (QED) is 0.682. The second kappa shape index (κ2) is 8.25. The van der Waals surface area contributed by atoms with Gasteiger partial charge >= 0.3 is 5.97 Å². The van der Waals surface area contributed by atoms with Crippen molar-refractivity contribution in [1.29, 1.82) is 5.26 Å². The zero-order valence-corrected chi connectivity index (χ0v) is 15.2. The molecule has 1 amide bonds. The number of hydrogen-bond donors (Lipinski definition) is 1. The van der Waals surface area contributed by atoms with Gasteiger partial charge in [-0.05, 0) is 25.1 Å². The van der Waals surface area contributed by atoms with E-state index in [0.29, 0.717) is 10.7 Å². The molecule has 0 radical (unpaired) electrons. The van der Waals surface area contributed by atoms with Crippen molar-refractivity contribution in [2.75, 3.05) is 5.32 Å². The van der Waals surface area contributed by atoms with Crippen LogP contribution in [-0.4, -0.2) is 23.0 Å². The maximum Gasteiger partial charge on any atom is 0.338 e. The van der Waals surface area contributed by atoms with E-state index in [1.165, 1.54) is 30.4 Å². The summed E-state index contributed by atoms with van der Waals surface area (Å²) >= 11 is 1.29. The Labute approximate surface area is 160 Å². The highest BCUT2D eigenvalue weighted by atomic mass is 32.1. The Bertz CT molecular complexity index is 1010. The van der Waals surface area contributed by atoms with Gasteiger partial charge in [0.1, 0.15) is 0 Å². The van der Waals surface area contributed by atoms with Crippen molar-refractivity contribution in [1.82, 2.24) is 4.98 Å². The fraction of sp³-hybridized carbons (Fsp3) is 0.100. The average Bonchev–Trinajstić information content (AvgIpc) is 3.17. The normalized spacial score (nSPS) is 11.3. The molecule has 1 heterocycles. The molecule has 134 valence electrons. The third kappa shape index (κ3) is 4.57. The lowest BCUT2D eigenvalue weighted by molar-refractivity contribution is -0.123. The summed E-state index contributed by atoms with van der Waals surface area (Å²) < 4.78 is 5.18. The van der Waals surface area contributed by atoms with Gasteiger partial charge in [-0.3, -0.25) is 10.1 Å². The number of carbonyl (C=O) groups excluding carboxylic acids is 2. The zero-order valence-electron chi connectivity index (χ0n) is 14.4. The summed E-state index contributed by atoms with van der Waals surface area (Å²) in [4.78, 5) is 28.8. The van der Waals surface area contributed by atoms with E-state index in [1.807, 2.05) is 41.8 Å². The molecule has 1 atom stereocenters. The molecule has 0 unspecified atom stereocenters. The minimum Gasteiger partial charge on any atom is -0.449 e. The van der Waals surface area contributed by atoms with Gasteiger partial charge in [-0.2, -0.15) is 5.26 Å². The van der Waals surface area contributed by atoms with Gasteiger partial charge in [0.15, 0.2) is 11.2 Å². The van der Waals surface area contributed by atoms with Crippen LogP contribution >= 0.6 is 11.3 Å². The molecule has 1 aromatic heterocycles. The Morgan fingerprint density at radius 3 is 2.70 bits per heavy atom. The van der Waals surface area contributed by atoms with Crippen molar-refractivity contribution in [2.45, 2.75) is 13.0 Å². The standard InChI is InChI=1S/C20H15N3O3S/c1-13(26-19(25)16-9-5-6-14(10-16)11-21)18(24)23-20-22-17(12-27-20)15-7-3-2-4-8-15/h2-10,12-13H,1H3,(H,22,23,24)/t13-/m1/s1. The number of hydrogen-bond acceptors (Lipinski definition) is 6. The van der Waals surface area contributed by atoms with E-state index in [9.17, 15) is 9.59 Å². The van der Waals surface area contributed by atoms with Crippen LogP contribution in [0, 0.1) is 11.3 Å². The zero-order chi connectivity index (χ0) is 19.2. The fourth-order valence-corrected chi connectivity index (χ4v) is 3.00. The van der Waals surface area contributed by atoms with Crippen LogP contribution in [0.2, 0.25) is 0 Å². The van der Waals surface area contributed by atoms with Crippen LogP contribution in [-0.2, 0) is 9.53 Å². The number of amides is 1. The van der Waals surface area contributed by atoms with Crippen molar-refractivity contribution < 1.29 is 14.3 Å². The molecule has 27 heavy (non-hydrogen) atoms. The number of nitrogens with one attached hydrogen (secondary N) is 1. The lowest BCUT2D eigenvalue weighted by atomic mass is 10.1. The first-order valence-corrected chi connectivity index (χ1v) is 8.98. The largest absolute Gasteiger partial charge is 0.449 e. The molecule has 0 spiro atoms. The highest BCUT2D eigenvalue weighted by Crippen LogP contribution is 2.24. The predicted molar refractivity (Wildman–Crippen MR) is 102 cm³/mol. The minimum absolute atomic E-state index is 0.217. The maximum absolute atomic E-state index is 12.3. The van der Waals surface area contributed by atoms with Crippen LogP contribution in [0.3, 0.4) is 0 Å². The van der Waals surface area contributed by atoms with E-state index in [0.717, 1.165) is 11.3 Å². The average molecular weight is 377 g/mol. The van der Waals surface area contributed by atoms with Crippen molar-refractivity contribution >= 4 is 28.3 Å². The maximum atomic E-state index is 12.3. The lowest BCUT2D eigenvalue weighted by Crippen LogP contribution is -2.30. The first kappa shape index (κ1) is 18.3. The highest BCUT2D eigenvalue weighted by molar-refractivity contribution is 7.14. The number of rotatable bonds is 5. The number of nitriles is 1. The van der Waals surface area contributed by atoms with Crippen LogP contribution in [0.25, 0.3) is 11.3 Å². The van der Waals surface area contributed by atoms with E-state index < -0.39 is 18.0 Å². The summed E-state index contributed by atoms with van der Waals surface area (Å²) in [5.41, 5.74) is 2.27. The monoisotopic (exact) mass is 377 g/mol. The second-order valence-electron chi connectivity index (χ2n) is 5.63. The summed E-state index contributed by atoms with van der Waals surface area (Å²) in [5.74, 6) is -1.15. The van der Waals surface area contributed by atoms with E-state index in [4.69, 9.17) is 10.00 Å². The SMILES string of the molecule is C[C@@H](OC(=O)c1cccc(C#N)c1)C(=O)Nc1nc(-c2ccccc2)cs1. The van der Waals surface area contributed by atoms with Crippen LogP contribution < -0.4 is 5.32 Å². The van der Waals surface area contributed by atoms with E-state index >= 15 is 0 Å². The number of esters is 1. The first-order valence-electron chi connectivity index (χ1n) is 8.10. The van der Waals surface area contributed by atoms with Gasteiger partial charge < -0.3 is 4.74 Å². The Hall–Kier alpha value is -3.50. The van der Waals surface area contributed by atoms with Crippen molar-refractivity contribution in [2.24, 2.45) is 0 Å². The summed E-state index contributed by atoms with van der Waals surface area (Å²) in [6, 6.07) is 17.7. The van der Waals surface area contributed by atoms with E-state index in [1.54, 1.807) is 12.1 Å². The van der Waals surface area contributed by atoms with E-state index in [2.05, 4.69) is 10.3 Å². The third-order valence-corrected chi connectivity index (χ3v) is 4.44. The Morgan fingerprint density at radius 1 is 1.19 bits per heavy atom. The molecule has 0 aliphatic rings. The van der Waals surface area contributed by atoms with E-state index in [-0.39, 0.29) is 5.56 Å². The Kier molecular flexibility index (Phi) is 5.59. The molecular weight excluding hydrogens is 362 g/mol. The summed E-state index contributed by atoms with van der Waals surface area (Å²) in [6.07, 6.45) is -1.01. The molecule has 1 N–H and O–H groups in total. The number of nitrogens with zero attached hydrogens (tertiary/aromatic N) is 2. The van der Waals surface area contributed by atoms with Crippen LogP contribution in [0.15, 0.2) is 60.0 Å². The van der Waals surface area contributed by atoms with Gasteiger partial charge in [0.2, 0.25) is 0 Å². The predicted octanol–water partition coefficient (Wildman–Crippen LogP) is 3.87. The van der Waals surface area contributed by atoms with Crippen LogP contribution in [0.1, 0.15) is 22.8 Å². The molecule has 6 nitrogen and oxygen atoms in total. The van der Waals surface area contributed by atoms with Crippen molar-refractivity contribution in [3.05, 3.63) is 71.1 Å². The summed E-state index contributed by atoms with van der Waals surface area (Å²) in [6.45, 7) is 1.48. The van der Waals surface area contributed by atoms with Gasteiger partial charge in [0.25, 0.3) is 5.91 Å². The van der Waals surface area contributed by atoms with Crippen LogP contribution in [0.5, 0.6) is 0 Å². The van der Waals surface area contributed by atoms with Gasteiger partial charge in [0, 0.05) is 10.9 Å². The molecule has 2 aromatic carbocycles. The number of benzene rings is 2. The van der Waals surface area contributed by atoms with Gasteiger partial charge in [-0.1, -0.05) is 36.4 Å². The van der Waals surface area contributed by atoms with Crippen molar-refractivity contribution in [3.8, 4) is 17.3 Å². The molecule has 0 aliphatic heterocycles. The third-order valence-electron chi connectivity index (χ3n) is 3.68. The van der Waals surface area contributed by atoms with Gasteiger partial charge in [-0.15, -0.1) is 11.3 Å². The van der Waals surface area contributed by atoms with Crippen LogP contribution in [0.4, 0.5) is 5.13 Å². The molecule has 0 saturated carbocycles. The number of carbonyl (C=O) groups is 2. The summed E-state index contributed by atoms with van der Waals surface area (Å²) in [7, 11) is 0. The molecule has 7 heteroatoms. The number of anilines is 1. The lowest BCUT2D eigenvalue weighted by Gasteiger charge is -2.12. The number of thiazole rings is 1. The number of ether oxygens (including phenoxy) is 1. The molecular formula is C20H15N3O3S. The molecule has 3 aromatic rings. The smallest absolute Gasteiger partial charge is 0.338 e. The Morgan fingerprint density at radius 2 is 1.96 bits per heavy atom. The topological polar surface area (TPSA) is 92.1 Å².